The van der Waals surface area contributed by atoms with E-state index >= 15 is 0 Å². The van der Waals surface area contributed by atoms with Crippen molar-refractivity contribution in [2.24, 2.45) is 11.7 Å². The van der Waals surface area contributed by atoms with Crippen LogP contribution in [0.3, 0.4) is 0 Å². The second-order valence-corrected chi connectivity index (χ2v) is 4.64. The van der Waals surface area contributed by atoms with Gasteiger partial charge >= 0.3 is 0 Å². The van der Waals surface area contributed by atoms with Crippen LogP contribution in [0.1, 0.15) is 37.6 Å². The number of aryl methyl sites for hydroxylation is 1. The van der Waals surface area contributed by atoms with Crippen molar-refractivity contribution in [1.29, 1.82) is 0 Å². The molecule has 0 saturated heterocycles. The highest BCUT2D eigenvalue weighted by molar-refractivity contribution is 5.82. The lowest BCUT2D eigenvalue weighted by atomic mass is 9.95. The minimum absolute atomic E-state index is 0.129. The van der Waals surface area contributed by atoms with Crippen LogP contribution in [0.25, 0.3) is 11.0 Å². The van der Waals surface area contributed by atoms with Crippen molar-refractivity contribution in [2.45, 2.75) is 33.2 Å². The monoisotopic (exact) mass is 235 g/mol. The van der Waals surface area contributed by atoms with Gasteiger partial charge in [-0.15, -0.1) is 0 Å². The average Bonchev–Trinajstić information content (AvgIpc) is 2.65. The highest BCUT2D eigenvalue weighted by Crippen LogP contribution is 2.32. The molecule has 0 amide bonds. The van der Waals surface area contributed by atoms with Crippen LogP contribution in [0.15, 0.2) is 22.6 Å². The van der Waals surface area contributed by atoms with Crippen LogP contribution in [0, 0.1) is 18.7 Å². The SMILES string of the molecule is CCC(C)C(N)c1oc2ccc(F)cc2c1C. The molecule has 2 N–H and O–H groups in total. The van der Waals surface area contributed by atoms with Crippen LogP contribution in [0.5, 0.6) is 0 Å². The second kappa shape index (κ2) is 4.49. The number of halogens is 1. The summed E-state index contributed by atoms with van der Waals surface area (Å²) in [6.45, 7) is 6.13. The third kappa shape index (κ3) is 2.07. The van der Waals surface area contributed by atoms with Crippen molar-refractivity contribution in [2.75, 3.05) is 0 Å². The first-order valence-electron chi connectivity index (χ1n) is 5.98. The molecule has 0 radical (unpaired) electrons. The summed E-state index contributed by atoms with van der Waals surface area (Å²) in [5, 5.41) is 0.818. The Morgan fingerprint density at radius 2 is 2.12 bits per heavy atom. The van der Waals surface area contributed by atoms with E-state index in [1.165, 1.54) is 12.1 Å². The number of nitrogens with two attached hydrogens (primary N) is 1. The zero-order chi connectivity index (χ0) is 12.6. The van der Waals surface area contributed by atoms with E-state index in [4.69, 9.17) is 10.2 Å². The van der Waals surface area contributed by atoms with E-state index in [0.29, 0.717) is 11.5 Å². The average molecular weight is 235 g/mol. The Morgan fingerprint density at radius 1 is 1.41 bits per heavy atom. The first kappa shape index (κ1) is 12.1. The summed E-state index contributed by atoms with van der Waals surface area (Å²) in [5.41, 5.74) is 7.82. The van der Waals surface area contributed by atoms with Crippen LogP contribution < -0.4 is 5.73 Å². The molecule has 0 aliphatic heterocycles. The van der Waals surface area contributed by atoms with Crippen LogP contribution in [0.2, 0.25) is 0 Å². The maximum atomic E-state index is 13.2. The molecule has 2 nitrogen and oxygen atoms in total. The Hall–Kier alpha value is -1.35. The molecule has 17 heavy (non-hydrogen) atoms. The van der Waals surface area contributed by atoms with Gasteiger partial charge in [-0.1, -0.05) is 20.3 Å². The van der Waals surface area contributed by atoms with Crippen LogP contribution in [-0.2, 0) is 0 Å². The van der Waals surface area contributed by atoms with Crippen LogP contribution in [-0.4, -0.2) is 0 Å². The minimum Gasteiger partial charge on any atom is -0.459 e. The van der Waals surface area contributed by atoms with Gasteiger partial charge in [0.25, 0.3) is 0 Å². The van der Waals surface area contributed by atoms with Gasteiger partial charge in [0.05, 0.1) is 6.04 Å². The topological polar surface area (TPSA) is 39.2 Å². The summed E-state index contributed by atoms with van der Waals surface area (Å²) >= 11 is 0. The zero-order valence-corrected chi connectivity index (χ0v) is 10.5. The zero-order valence-electron chi connectivity index (χ0n) is 10.5. The molecule has 0 aliphatic carbocycles. The Labute approximate surface area is 101 Å². The lowest BCUT2D eigenvalue weighted by Gasteiger charge is -2.16. The Morgan fingerprint density at radius 3 is 2.76 bits per heavy atom. The number of benzene rings is 1. The van der Waals surface area contributed by atoms with Crippen molar-refractivity contribution in [1.82, 2.24) is 0 Å². The molecule has 0 spiro atoms. The summed E-state index contributed by atoms with van der Waals surface area (Å²) in [7, 11) is 0. The molecule has 0 fully saturated rings. The van der Waals surface area contributed by atoms with Gasteiger partial charge in [0.1, 0.15) is 17.2 Å². The standard InChI is InChI=1S/C14H18FNO/c1-4-8(2)13(16)14-9(3)11-7-10(15)5-6-12(11)17-14/h5-8,13H,4,16H2,1-3H3. The molecule has 0 saturated carbocycles. The van der Waals surface area contributed by atoms with E-state index < -0.39 is 0 Å². The molecular formula is C14H18FNO. The predicted molar refractivity (Wildman–Crippen MR) is 67.3 cm³/mol. The summed E-state index contributed by atoms with van der Waals surface area (Å²) in [4.78, 5) is 0. The summed E-state index contributed by atoms with van der Waals surface area (Å²) in [5.74, 6) is 0.879. The summed E-state index contributed by atoms with van der Waals surface area (Å²) in [6, 6.07) is 4.44. The fraction of sp³-hybridized carbons (Fsp3) is 0.429. The molecule has 2 unspecified atom stereocenters. The van der Waals surface area contributed by atoms with Crippen molar-refractivity contribution in [3.05, 3.63) is 35.3 Å². The molecule has 1 heterocycles. The molecule has 0 bridgehead atoms. The smallest absolute Gasteiger partial charge is 0.134 e. The van der Waals surface area contributed by atoms with Gasteiger partial charge in [-0.25, -0.2) is 4.39 Å². The largest absolute Gasteiger partial charge is 0.459 e. The summed E-state index contributed by atoms with van der Waals surface area (Å²) in [6.07, 6.45) is 0.992. The number of furan rings is 1. The predicted octanol–water partition coefficient (Wildman–Crippen LogP) is 3.93. The third-order valence-electron chi connectivity index (χ3n) is 3.49. The van der Waals surface area contributed by atoms with E-state index in [-0.39, 0.29) is 11.9 Å². The van der Waals surface area contributed by atoms with E-state index in [1.54, 1.807) is 6.07 Å². The Kier molecular flexibility index (Phi) is 3.20. The van der Waals surface area contributed by atoms with E-state index in [1.807, 2.05) is 6.92 Å². The van der Waals surface area contributed by atoms with Crippen molar-refractivity contribution in [3.8, 4) is 0 Å². The molecular weight excluding hydrogens is 217 g/mol. The highest BCUT2D eigenvalue weighted by atomic mass is 19.1. The molecule has 92 valence electrons. The molecule has 2 rings (SSSR count). The molecule has 0 aliphatic rings. The van der Waals surface area contributed by atoms with Gasteiger partial charge < -0.3 is 10.2 Å². The van der Waals surface area contributed by atoms with Gasteiger partial charge in [-0.2, -0.15) is 0 Å². The van der Waals surface area contributed by atoms with Gasteiger partial charge in [0, 0.05) is 10.9 Å². The number of hydrogen-bond acceptors (Lipinski definition) is 2. The molecule has 2 aromatic rings. The lowest BCUT2D eigenvalue weighted by Crippen LogP contribution is -2.18. The quantitative estimate of drug-likeness (QED) is 0.875. The van der Waals surface area contributed by atoms with Gasteiger partial charge in [-0.3, -0.25) is 0 Å². The Bertz CT molecular complexity index is 532. The Balaban J connectivity index is 2.52. The van der Waals surface area contributed by atoms with E-state index in [0.717, 1.165) is 23.1 Å². The number of hydrogen-bond donors (Lipinski definition) is 1. The number of fused-ring (bicyclic) bond motifs is 1. The highest BCUT2D eigenvalue weighted by Gasteiger charge is 2.21. The lowest BCUT2D eigenvalue weighted by molar-refractivity contribution is 0.386. The van der Waals surface area contributed by atoms with Gasteiger partial charge in [0.2, 0.25) is 0 Å². The molecule has 3 heteroatoms. The normalized spacial score (nSPS) is 15.1. The van der Waals surface area contributed by atoms with Gasteiger partial charge in [0.15, 0.2) is 0 Å². The van der Waals surface area contributed by atoms with Crippen LogP contribution in [0.4, 0.5) is 4.39 Å². The molecule has 1 aromatic heterocycles. The van der Waals surface area contributed by atoms with Crippen LogP contribution >= 0.6 is 0 Å². The fourth-order valence-corrected chi connectivity index (χ4v) is 2.04. The second-order valence-electron chi connectivity index (χ2n) is 4.64. The van der Waals surface area contributed by atoms with E-state index in [9.17, 15) is 4.39 Å². The van der Waals surface area contributed by atoms with Gasteiger partial charge in [-0.05, 0) is 31.0 Å². The number of rotatable bonds is 3. The fourth-order valence-electron chi connectivity index (χ4n) is 2.04. The minimum atomic E-state index is -0.245. The van der Waals surface area contributed by atoms with Crippen molar-refractivity contribution in [3.63, 3.8) is 0 Å². The van der Waals surface area contributed by atoms with E-state index in [2.05, 4.69) is 13.8 Å². The van der Waals surface area contributed by atoms with Crippen molar-refractivity contribution < 1.29 is 8.81 Å². The first-order valence-corrected chi connectivity index (χ1v) is 5.98. The molecule has 1 aromatic carbocycles. The summed E-state index contributed by atoms with van der Waals surface area (Å²) < 4.78 is 18.9. The van der Waals surface area contributed by atoms with Crippen molar-refractivity contribution >= 4 is 11.0 Å². The maximum absolute atomic E-state index is 13.2. The molecule has 2 atom stereocenters. The third-order valence-corrected chi connectivity index (χ3v) is 3.49. The first-order chi connectivity index (χ1) is 8.04. The maximum Gasteiger partial charge on any atom is 0.134 e.